The molecule has 70 heavy (non-hydrogen) atoms. The first-order chi connectivity index (χ1) is 34.6. The van der Waals surface area contributed by atoms with E-state index in [1.165, 1.54) is 212 Å². The van der Waals surface area contributed by atoms with E-state index in [2.05, 4.69) is 86.8 Å². The van der Waals surface area contributed by atoms with Crippen molar-refractivity contribution in [3.63, 3.8) is 0 Å². The maximum absolute atomic E-state index is 12.3. The highest BCUT2D eigenvalue weighted by molar-refractivity contribution is 5.70. The lowest BCUT2D eigenvalue weighted by Crippen LogP contribution is -2.28. The van der Waals surface area contributed by atoms with Gasteiger partial charge in [-0.05, 0) is 83.5 Å². The summed E-state index contributed by atoms with van der Waals surface area (Å²) in [5.41, 5.74) is 0. The molecule has 0 radical (unpaired) electrons. The van der Waals surface area contributed by atoms with E-state index in [9.17, 15) is 14.7 Å². The van der Waals surface area contributed by atoms with Gasteiger partial charge in [-0.15, -0.1) is 0 Å². The normalized spacial score (nSPS) is 12.7. The highest BCUT2D eigenvalue weighted by Crippen LogP contribution is 2.17. The van der Waals surface area contributed by atoms with Gasteiger partial charge in [-0.1, -0.05) is 286 Å². The summed E-state index contributed by atoms with van der Waals surface area (Å²) in [5.74, 6) is -0.579. The van der Waals surface area contributed by atoms with Crippen LogP contribution in [-0.2, 0) is 19.1 Å². The fourth-order valence-corrected chi connectivity index (χ4v) is 8.93. The number of hydrogen-bond donors (Lipinski definition) is 1. The molecule has 0 bridgehead atoms. The quantitative estimate of drug-likeness (QED) is 0.0373. The molecule has 5 nitrogen and oxygen atoms in total. The van der Waals surface area contributed by atoms with Crippen LogP contribution in [0, 0.1) is 0 Å². The smallest absolute Gasteiger partial charge is 0.306 e. The third kappa shape index (κ3) is 57.9. The molecular weight excluding hydrogens is 861 g/mol. The van der Waals surface area contributed by atoms with Gasteiger partial charge in [0.2, 0.25) is 0 Å². The molecule has 406 valence electrons. The zero-order chi connectivity index (χ0) is 50.6. The van der Waals surface area contributed by atoms with Crippen molar-refractivity contribution in [1.82, 2.24) is 0 Å². The van der Waals surface area contributed by atoms with E-state index in [4.69, 9.17) is 9.47 Å². The Balaban J connectivity index is 3.46. The van der Waals surface area contributed by atoms with Crippen molar-refractivity contribution in [1.29, 1.82) is 0 Å². The lowest BCUT2D eigenvalue weighted by molar-refractivity contribution is -0.161. The Labute approximate surface area is 435 Å². The minimum Gasteiger partial charge on any atom is -0.462 e. The van der Waals surface area contributed by atoms with Crippen molar-refractivity contribution in [2.24, 2.45) is 0 Å². The molecular formula is C65H116O5. The van der Waals surface area contributed by atoms with E-state index in [1.54, 1.807) is 0 Å². The number of esters is 2. The van der Waals surface area contributed by atoms with Crippen LogP contribution in [0.2, 0.25) is 0 Å². The second kappa shape index (κ2) is 60.6. The zero-order valence-electron chi connectivity index (χ0n) is 46.5. The van der Waals surface area contributed by atoms with E-state index >= 15 is 0 Å². The molecule has 0 heterocycles. The highest BCUT2D eigenvalue weighted by atomic mass is 16.6. The lowest BCUT2D eigenvalue weighted by atomic mass is 10.0. The topological polar surface area (TPSA) is 72.8 Å². The summed E-state index contributed by atoms with van der Waals surface area (Å²) in [6.45, 7) is 4.06. The van der Waals surface area contributed by atoms with Crippen molar-refractivity contribution >= 4 is 11.9 Å². The van der Waals surface area contributed by atoms with E-state index < -0.39 is 6.10 Å². The SMILES string of the molecule is CC/C=C\C/C=C\C/C=C\C/C=C\C/C=C\CCCCCCCCCCCCCCCCCC(=O)OC(CO)COC(=O)CCCCCCCCCCCCCCC/C=C\CCCCCCCCCC. The summed E-state index contributed by atoms with van der Waals surface area (Å²) in [7, 11) is 0. The second-order valence-corrected chi connectivity index (χ2v) is 20.4. The van der Waals surface area contributed by atoms with Crippen molar-refractivity contribution in [3.05, 3.63) is 72.9 Å². The molecule has 0 rings (SSSR count). The summed E-state index contributed by atoms with van der Waals surface area (Å²) in [5, 5.41) is 9.67. The lowest BCUT2D eigenvalue weighted by Gasteiger charge is -2.15. The van der Waals surface area contributed by atoms with E-state index in [0.29, 0.717) is 12.8 Å². The minimum absolute atomic E-state index is 0.0646. The van der Waals surface area contributed by atoms with Crippen molar-refractivity contribution in [2.75, 3.05) is 13.2 Å². The standard InChI is InChI=1S/C65H116O5/c1-3-5-7-9-11-13-15-17-19-21-23-25-27-29-30-31-32-33-34-36-38-40-42-44-46-48-50-52-54-56-58-60-65(68)70-63(61-66)62-69-64(67)59-57-55-53-51-49-47-45-43-41-39-37-35-28-26-24-22-20-18-16-14-12-10-8-6-4-2/h5,7,11,13,17,19,22-25,29-30,63,66H,3-4,6,8-10,12,14-16,18,20-21,26-28,31-62H2,1-2H3/b7-5-,13-11-,19-17-,24-22-,25-23-,30-29-. The van der Waals surface area contributed by atoms with Gasteiger partial charge in [0.15, 0.2) is 6.10 Å². The average Bonchev–Trinajstić information content (AvgIpc) is 3.36. The molecule has 1 atom stereocenters. The number of hydrogen-bond acceptors (Lipinski definition) is 5. The van der Waals surface area contributed by atoms with Gasteiger partial charge in [0.05, 0.1) is 6.61 Å². The summed E-state index contributed by atoms with van der Waals surface area (Å²) in [6, 6.07) is 0. The molecule has 0 saturated carbocycles. The molecule has 0 aliphatic rings. The van der Waals surface area contributed by atoms with Crippen LogP contribution in [0.25, 0.3) is 0 Å². The Kier molecular flexibility index (Phi) is 58.3. The monoisotopic (exact) mass is 977 g/mol. The first kappa shape index (κ1) is 67.3. The molecule has 0 aromatic rings. The molecule has 5 heteroatoms. The molecule has 1 unspecified atom stereocenters. The maximum atomic E-state index is 12.3. The summed E-state index contributed by atoms with van der Waals surface area (Å²) in [4.78, 5) is 24.6. The predicted molar refractivity (Wildman–Crippen MR) is 306 cm³/mol. The molecule has 1 N–H and O–H groups in total. The Morgan fingerprint density at radius 1 is 0.343 bits per heavy atom. The van der Waals surface area contributed by atoms with Crippen LogP contribution in [0.4, 0.5) is 0 Å². The summed E-state index contributed by atoms with van der Waals surface area (Å²) in [6.07, 6.45) is 83.2. The van der Waals surface area contributed by atoms with Crippen LogP contribution < -0.4 is 0 Å². The largest absolute Gasteiger partial charge is 0.462 e. The molecule has 0 spiro atoms. The zero-order valence-corrected chi connectivity index (χ0v) is 46.5. The Bertz CT molecular complexity index is 1240. The molecule has 0 aliphatic carbocycles. The molecule has 0 aromatic carbocycles. The first-order valence-electron chi connectivity index (χ1n) is 30.5. The third-order valence-electron chi connectivity index (χ3n) is 13.5. The fraction of sp³-hybridized carbons (Fsp3) is 0.785. The molecule has 0 amide bonds. The van der Waals surface area contributed by atoms with E-state index in [1.807, 2.05) is 0 Å². The molecule has 0 aliphatic heterocycles. The Hall–Kier alpha value is -2.66. The number of carbonyl (C=O) groups excluding carboxylic acids is 2. The summed E-state index contributed by atoms with van der Waals surface area (Å²) < 4.78 is 10.7. The highest BCUT2D eigenvalue weighted by Gasteiger charge is 2.16. The third-order valence-corrected chi connectivity index (χ3v) is 13.5. The van der Waals surface area contributed by atoms with E-state index in [-0.39, 0.29) is 25.2 Å². The number of allylic oxidation sites excluding steroid dienone is 12. The number of ether oxygens (including phenoxy) is 2. The van der Waals surface area contributed by atoms with Crippen molar-refractivity contribution in [2.45, 2.75) is 315 Å². The van der Waals surface area contributed by atoms with E-state index in [0.717, 1.165) is 70.6 Å². The van der Waals surface area contributed by atoms with Crippen LogP contribution in [0.5, 0.6) is 0 Å². The van der Waals surface area contributed by atoms with Crippen LogP contribution in [0.15, 0.2) is 72.9 Å². The first-order valence-corrected chi connectivity index (χ1v) is 30.5. The van der Waals surface area contributed by atoms with Crippen LogP contribution in [-0.4, -0.2) is 36.4 Å². The van der Waals surface area contributed by atoms with Gasteiger partial charge in [-0.25, -0.2) is 0 Å². The second-order valence-electron chi connectivity index (χ2n) is 20.4. The number of rotatable bonds is 56. The molecule has 0 fully saturated rings. The number of aliphatic hydroxyl groups excluding tert-OH is 1. The average molecular weight is 978 g/mol. The van der Waals surface area contributed by atoms with Crippen molar-refractivity contribution < 1.29 is 24.2 Å². The van der Waals surface area contributed by atoms with Gasteiger partial charge in [0.1, 0.15) is 6.61 Å². The van der Waals surface area contributed by atoms with Gasteiger partial charge < -0.3 is 14.6 Å². The number of carbonyl (C=O) groups is 2. The van der Waals surface area contributed by atoms with Gasteiger partial charge in [-0.3, -0.25) is 9.59 Å². The van der Waals surface area contributed by atoms with Gasteiger partial charge in [0, 0.05) is 12.8 Å². The maximum Gasteiger partial charge on any atom is 0.306 e. The predicted octanol–water partition coefficient (Wildman–Crippen LogP) is 20.8. The Morgan fingerprint density at radius 3 is 0.943 bits per heavy atom. The number of aliphatic hydroxyl groups is 1. The van der Waals surface area contributed by atoms with Gasteiger partial charge in [-0.2, -0.15) is 0 Å². The van der Waals surface area contributed by atoms with Gasteiger partial charge >= 0.3 is 11.9 Å². The van der Waals surface area contributed by atoms with Crippen LogP contribution >= 0.6 is 0 Å². The Morgan fingerprint density at radius 2 is 0.614 bits per heavy atom. The number of unbranched alkanes of at least 4 members (excludes halogenated alkanes) is 36. The van der Waals surface area contributed by atoms with Gasteiger partial charge in [0.25, 0.3) is 0 Å². The van der Waals surface area contributed by atoms with Crippen molar-refractivity contribution in [3.8, 4) is 0 Å². The minimum atomic E-state index is -0.774. The van der Waals surface area contributed by atoms with Crippen LogP contribution in [0.3, 0.4) is 0 Å². The summed E-state index contributed by atoms with van der Waals surface area (Å²) >= 11 is 0. The van der Waals surface area contributed by atoms with Crippen LogP contribution in [0.1, 0.15) is 309 Å². The fourth-order valence-electron chi connectivity index (χ4n) is 8.93. The molecule has 0 saturated heterocycles. The molecule has 0 aromatic heterocycles.